The molecule has 0 fully saturated rings. The maximum Gasteiger partial charge on any atom is 0.146 e. The number of benzene rings is 2. The van der Waals surface area contributed by atoms with E-state index >= 15 is 0 Å². The summed E-state index contributed by atoms with van der Waals surface area (Å²) in [6, 6.07) is 15.3. The fraction of sp³-hybridized carbons (Fsp3) is 0.250. The third kappa shape index (κ3) is 3.80. The van der Waals surface area contributed by atoms with Gasteiger partial charge in [-0.15, -0.1) is 0 Å². The van der Waals surface area contributed by atoms with E-state index in [-0.39, 0.29) is 11.9 Å². The van der Waals surface area contributed by atoms with Gasteiger partial charge in [0.15, 0.2) is 0 Å². The zero-order chi connectivity index (χ0) is 13.7. The van der Waals surface area contributed by atoms with Gasteiger partial charge in [0.25, 0.3) is 0 Å². The molecule has 0 aliphatic rings. The van der Waals surface area contributed by atoms with Crippen LogP contribution in [0, 0.1) is 5.82 Å². The number of halogens is 2. The Hall–Kier alpha value is -1.35. The van der Waals surface area contributed by atoms with E-state index in [1.807, 2.05) is 18.2 Å². The van der Waals surface area contributed by atoms with Crippen molar-refractivity contribution < 1.29 is 4.39 Å². The molecule has 0 bridgehead atoms. The molecule has 0 radical (unpaired) electrons. The number of hydrogen-bond donors (Lipinski definition) is 1. The van der Waals surface area contributed by atoms with E-state index in [2.05, 4.69) is 40.3 Å². The summed E-state index contributed by atoms with van der Waals surface area (Å²) in [6.07, 6.45) is 2.01. The van der Waals surface area contributed by atoms with E-state index < -0.39 is 0 Å². The van der Waals surface area contributed by atoms with Crippen molar-refractivity contribution in [2.45, 2.75) is 25.8 Å². The summed E-state index contributed by atoms with van der Waals surface area (Å²) in [5.74, 6) is -0.222. The third-order valence-corrected chi connectivity index (χ3v) is 3.53. The molecule has 1 nitrogen and oxygen atoms in total. The van der Waals surface area contributed by atoms with Gasteiger partial charge in [0, 0.05) is 4.47 Å². The summed E-state index contributed by atoms with van der Waals surface area (Å²) < 4.78 is 14.7. The zero-order valence-electron chi connectivity index (χ0n) is 10.9. The van der Waals surface area contributed by atoms with Crippen molar-refractivity contribution in [3.8, 4) is 0 Å². The zero-order valence-corrected chi connectivity index (χ0v) is 12.5. The first-order chi connectivity index (χ1) is 9.20. The highest BCUT2D eigenvalue weighted by Gasteiger charge is 2.12. The molecule has 0 aliphatic carbocycles. The largest absolute Gasteiger partial charge is 0.376 e. The van der Waals surface area contributed by atoms with Crippen LogP contribution < -0.4 is 5.32 Å². The van der Waals surface area contributed by atoms with Crippen LogP contribution >= 0.6 is 15.9 Å². The molecule has 0 amide bonds. The number of hydrogen-bond acceptors (Lipinski definition) is 1. The average Bonchev–Trinajstić information content (AvgIpc) is 2.43. The fourth-order valence-corrected chi connectivity index (χ4v) is 2.45. The molecule has 2 aromatic rings. The maximum absolute atomic E-state index is 13.8. The molecular weight excluding hydrogens is 305 g/mol. The summed E-state index contributed by atoms with van der Waals surface area (Å²) in [6.45, 7) is 2.13. The SMILES string of the molecule is CCCC(Nc1cc(Br)ccc1F)c1ccccc1. The maximum atomic E-state index is 13.8. The highest BCUT2D eigenvalue weighted by Crippen LogP contribution is 2.27. The second-order valence-corrected chi connectivity index (χ2v) is 5.44. The molecule has 2 rings (SSSR count). The van der Waals surface area contributed by atoms with Gasteiger partial charge in [0.05, 0.1) is 11.7 Å². The van der Waals surface area contributed by atoms with Crippen LogP contribution in [0.3, 0.4) is 0 Å². The molecule has 0 saturated heterocycles. The van der Waals surface area contributed by atoms with E-state index in [9.17, 15) is 4.39 Å². The third-order valence-electron chi connectivity index (χ3n) is 3.04. The van der Waals surface area contributed by atoms with E-state index in [1.54, 1.807) is 12.1 Å². The molecule has 0 spiro atoms. The smallest absolute Gasteiger partial charge is 0.146 e. The Morgan fingerprint density at radius 1 is 1.16 bits per heavy atom. The number of nitrogens with one attached hydrogen (secondary N) is 1. The van der Waals surface area contributed by atoms with E-state index in [1.165, 1.54) is 11.6 Å². The molecule has 3 heteroatoms. The van der Waals surface area contributed by atoms with Crippen LogP contribution in [-0.4, -0.2) is 0 Å². The molecule has 0 saturated carbocycles. The van der Waals surface area contributed by atoms with Crippen LogP contribution in [-0.2, 0) is 0 Å². The summed E-state index contributed by atoms with van der Waals surface area (Å²) in [7, 11) is 0. The van der Waals surface area contributed by atoms with Gasteiger partial charge in [-0.25, -0.2) is 4.39 Å². The Balaban J connectivity index is 2.24. The number of rotatable bonds is 5. The van der Waals surface area contributed by atoms with Crippen LogP contribution in [0.15, 0.2) is 53.0 Å². The van der Waals surface area contributed by atoms with Gasteiger partial charge in [-0.3, -0.25) is 0 Å². The summed E-state index contributed by atoms with van der Waals surface area (Å²) in [5.41, 5.74) is 1.72. The van der Waals surface area contributed by atoms with E-state index in [4.69, 9.17) is 0 Å². The minimum atomic E-state index is -0.222. The lowest BCUT2D eigenvalue weighted by atomic mass is 10.0. The lowest BCUT2D eigenvalue weighted by Gasteiger charge is -2.20. The van der Waals surface area contributed by atoms with Gasteiger partial charge in [-0.2, -0.15) is 0 Å². The second-order valence-electron chi connectivity index (χ2n) is 4.52. The van der Waals surface area contributed by atoms with E-state index in [0.717, 1.165) is 17.3 Å². The Morgan fingerprint density at radius 3 is 2.58 bits per heavy atom. The van der Waals surface area contributed by atoms with Gasteiger partial charge in [-0.1, -0.05) is 59.6 Å². The minimum absolute atomic E-state index is 0.134. The van der Waals surface area contributed by atoms with Crippen LogP contribution in [0.5, 0.6) is 0 Å². The summed E-state index contributed by atoms with van der Waals surface area (Å²) >= 11 is 3.37. The topological polar surface area (TPSA) is 12.0 Å². The van der Waals surface area contributed by atoms with Crippen LogP contribution in [0.4, 0.5) is 10.1 Å². The van der Waals surface area contributed by atoms with Gasteiger partial charge in [-0.05, 0) is 30.2 Å². The lowest BCUT2D eigenvalue weighted by Crippen LogP contribution is -2.11. The quantitative estimate of drug-likeness (QED) is 0.762. The monoisotopic (exact) mass is 321 g/mol. The first kappa shape index (κ1) is 14.1. The Morgan fingerprint density at radius 2 is 1.89 bits per heavy atom. The number of anilines is 1. The van der Waals surface area contributed by atoms with Crippen molar-refractivity contribution in [1.29, 1.82) is 0 Å². The highest BCUT2D eigenvalue weighted by atomic mass is 79.9. The predicted octanol–water partition coefficient (Wildman–Crippen LogP) is 5.54. The Labute approximate surface area is 122 Å². The van der Waals surface area contributed by atoms with Crippen molar-refractivity contribution >= 4 is 21.6 Å². The fourth-order valence-electron chi connectivity index (χ4n) is 2.09. The van der Waals surface area contributed by atoms with Crippen LogP contribution in [0.2, 0.25) is 0 Å². The Kier molecular flexibility index (Phi) is 4.97. The summed E-state index contributed by atoms with van der Waals surface area (Å²) in [5, 5.41) is 3.30. The normalized spacial score (nSPS) is 12.2. The van der Waals surface area contributed by atoms with Crippen molar-refractivity contribution in [2.24, 2.45) is 0 Å². The molecule has 19 heavy (non-hydrogen) atoms. The molecule has 1 atom stereocenters. The average molecular weight is 322 g/mol. The molecule has 1 N–H and O–H groups in total. The standard InChI is InChI=1S/C16H17BrFN/c1-2-6-15(12-7-4-3-5-8-12)19-16-11-13(17)9-10-14(16)18/h3-5,7-11,15,19H,2,6H2,1H3. The first-order valence-electron chi connectivity index (χ1n) is 6.47. The van der Waals surface area contributed by atoms with Crippen LogP contribution in [0.25, 0.3) is 0 Å². The first-order valence-corrected chi connectivity index (χ1v) is 7.26. The second kappa shape index (κ2) is 6.71. The lowest BCUT2D eigenvalue weighted by molar-refractivity contribution is 0.617. The molecule has 0 heterocycles. The summed E-state index contributed by atoms with van der Waals surface area (Å²) in [4.78, 5) is 0. The Bertz CT molecular complexity index is 528. The predicted molar refractivity (Wildman–Crippen MR) is 81.8 cm³/mol. The highest BCUT2D eigenvalue weighted by molar-refractivity contribution is 9.10. The molecule has 1 unspecified atom stereocenters. The van der Waals surface area contributed by atoms with Gasteiger partial charge < -0.3 is 5.32 Å². The molecule has 100 valence electrons. The van der Waals surface area contributed by atoms with E-state index in [0.29, 0.717) is 5.69 Å². The van der Waals surface area contributed by atoms with Crippen molar-refractivity contribution in [3.05, 3.63) is 64.4 Å². The van der Waals surface area contributed by atoms with Gasteiger partial charge in [0.2, 0.25) is 0 Å². The molecular formula is C16H17BrFN. The van der Waals surface area contributed by atoms with Crippen molar-refractivity contribution in [1.82, 2.24) is 0 Å². The molecule has 0 aromatic heterocycles. The minimum Gasteiger partial charge on any atom is -0.376 e. The van der Waals surface area contributed by atoms with Gasteiger partial charge >= 0.3 is 0 Å². The van der Waals surface area contributed by atoms with Crippen LogP contribution in [0.1, 0.15) is 31.4 Å². The molecule has 0 aliphatic heterocycles. The van der Waals surface area contributed by atoms with Gasteiger partial charge in [0.1, 0.15) is 5.82 Å². The van der Waals surface area contributed by atoms with Crippen molar-refractivity contribution in [3.63, 3.8) is 0 Å². The van der Waals surface area contributed by atoms with Crippen molar-refractivity contribution in [2.75, 3.05) is 5.32 Å². The molecule has 2 aromatic carbocycles.